The Balaban J connectivity index is 1.49. The van der Waals surface area contributed by atoms with Gasteiger partial charge in [0.2, 0.25) is 0 Å². The molecular formula is C19H19N3O3. The summed E-state index contributed by atoms with van der Waals surface area (Å²) in [6.45, 7) is 2.29. The number of hydrogen-bond donors (Lipinski definition) is 1. The van der Waals surface area contributed by atoms with E-state index in [0.29, 0.717) is 37.5 Å². The van der Waals surface area contributed by atoms with Gasteiger partial charge >= 0.3 is 0 Å². The van der Waals surface area contributed by atoms with Gasteiger partial charge in [-0.3, -0.25) is 9.59 Å². The van der Waals surface area contributed by atoms with Gasteiger partial charge in [0.15, 0.2) is 5.76 Å². The third-order valence-electron chi connectivity index (χ3n) is 4.62. The molecule has 0 aliphatic carbocycles. The van der Waals surface area contributed by atoms with Crippen molar-refractivity contribution in [3.63, 3.8) is 0 Å². The van der Waals surface area contributed by atoms with Crippen molar-refractivity contribution in [1.82, 2.24) is 14.8 Å². The molecule has 1 fully saturated rings. The van der Waals surface area contributed by atoms with Crippen LogP contribution < -0.4 is 0 Å². The van der Waals surface area contributed by atoms with Crippen LogP contribution >= 0.6 is 0 Å². The Bertz CT molecular complexity index is 898. The van der Waals surface area contributed by atoms with Crippen LogP contribution in [-0.2, 0) is 0 Å². The fourth-order valence-electron chi connectivity index (χ4n) is 3.30. The summed E-state index contributed by atoms with van der Waals surface area (Å²) in [7, 11) is 0. The number of nitrogens with zero attached hydrogens (tertiary/aromatic N) is 2. The van der Waals surface area contributed by atoms with Crippen LogP contribution in [0.15, 0.2) is 53.3 Å². The van der Waals surface area contributed by atoms with E-state index < -0.39 is 0 Å². The van der Waals surface area contributed by atoms with Crippen molar-refractivity contribution >= 4 is 22.7 Å². The number of H-pyrrole nitrogens is 1. The van der Waals surface area contributed by atoms with E-state index in [1.54, 1.807) is 23.2 Å². The minimum Gasteiger partial charge on any atom is -0.459 e. The van der Waals surface area contributed by atoms with Crippen LogP contribution in [0.1, 0.15) is 27.3 Å². The molecular weight excluding hydrogens is 318 g/mol. The zero-order chi connectivity index (χ0) is 17.2. The first-order chi connectivity index (χ1) is 12.2. The van der Waals surface area contributed by atoms with Crippen LogP contribution in [0.3, 0.4) is 0 Å². The molecule has 1 aromatic carbocycles. The zero-order valence-electron chi connectivity index (χ0n) is 13.8. The summed E-state index contributed by atoms with van der Waals surface area (Å²) in [5.41, 5.74) is 1.64. The van der Waals surface area contributed by atoms with Gasteiger partial charge in [-0.25, -0.2) is 0 Å². The molecule has 3 aromatic rings. The van der Waals surface area contributed by atoms with Crippen LogP contribution in [0, 0.1) is 0 Å². The summed E-state index contributed by atoms with van der Waals surface area (Å²) < 4.78 is 5.19. The van der Waals surface area contributed by atoms with Crippen molar-refractivity contribution in [3.8, 4) is 0 Å². The molecule has 1 aliphatic heterocycles. The van der Waals surface area contributed by atoms with Gasteiger partial charge in [0.1, 0.15) is 0 Å². The molecule has 2 aromatic heterocycles. The van der Waals surface area contributed by atoms with E-state index in [1.165, 1.54) is 6.26 Å². The van der Waals surface area contributed by atoms with E-state index in [1.807, 2.05) is 29.2 Å². The molecule has 6 heteroatoms. The lowest BCUT2D eigenvalue weighted by molar-refractivity contribution is 0.0701. The first-order valence-corrected chi connectivity index (χ1v) is 8.42. The van der Waals surface area contributed by atoms with Crippen molar-refractivity contribution in [2.45, 2.75) is 6.42 Å². The molecule has 0 saturated carbocycles. The fourth-order valence-corrected chi connectivity index (χ4v) is 3.30. The summed E-state index contributed by atoms with van der Waals surface area (Å²) in [6, 6.07) is 11.2. The highest BCUT2D eigenvalue weighted by Gasteiger charge is 2.25. The number of furan rings is 1. The normalized spacial score (nSPS) is 15.4. The number of carbonyl (C=O) groups excluding carboxylic acids is 2. The Morgan fingerprint density at radius 3 is 2.44 bits per heavy atom. The third-order valence-corrected chi connectivity index (χ3v) is 4.62. The number of hydrogen-bond acceptors (Lipinski definition) is 3. The van der Waals surface area contributed by atoms with Gasteiger partial charge in [0, 0.05) is 43.3 Å². The van der Waals surface area contributed by atoms with Crippen LogP contribution in [0.25, 0.3) is 10.9 Å². The molecule has 2 amide bonds. The molecule has 1 aliphatic rings. The molecule has 0 bridgehead atoms. The number of fused-ring (bicyclic) bond motifs is 1. The second-order valence-corrected chi connectivity index (χ2v) is 6.16. The highest BCUT2D eigenvalue weighted by atomic mass is 16.3. The first kappa shape index (κ1) is 15.5. The van der Waals surface area contributed by atoms with Gasteiger partial charge in [0.25, 0.3) is 11.8 Å². The zero-order valence-corrected chi connectivity index (χ0v) is 13.8. The average molecular weight is 337 g/mol. The molecule has 128 valence electrons. The highest BCUT2D eigenvalue weighted by molar-refractivity contribution is 6.06. The number of aromatic nitrogens is 1. The Morgan fingerprint density at radius 2 is 1.68 bits per heavy atom. The smallest absolute Gasteiger partial charge is 0.289 e. The Hall–Kier alpha value is -3.02. The van der Waals surface area contributed by atoms with Crippen molar-refractivity contribution in [3.05, 3.63) is 60.2 Å². The lowest BCUT2D eigenvalue weighted by atomic mass is 10.1. The van der Waals surface area contributed by atoms with E-state index >= 15 is 0 Å². The molecule has 3 heterocycles. The molecule has 1 saturated heterocycles. The van der Waals surface area contributed by atoms with E-state index in [9.17, 15) is 9.59 Å². The van der Waals surface area contributed by atoms with Crippen LogP contribution in [0.5, 0.6) is 0 Å². The lowest BCUT2D eigenvalue weighted by Gasteiger charge is -2.21. The average Bonchev–Trinajstić information content (AvgIpc) is 3.25. The van der Waals surface area contributed by atoms with E-state index in [4.69, 9.17) is 4.42 Å². The Labute approximate surface area is 145 Å². The minimum absolute atomic E-state index is 0.00440. The van der Waals surface area contributed by atoms with Gasteiger partial charge in [-0.05, 0) is 24.6 Å². The van der Waals surface area contributed by atoms with Crippen molar-refractivity contribution in [2.24, 2.45) is 0 Å². The SMILES string of the molecule is O=C(c1ccco1)N1CCCN(C(=O)c2c[nH]c3ccccc23)CC1. The molecule has 0 atom stereocenters. The van der Waals surface area contributed by atoms with Crippen molar-refractivity contribution < 1.29 is 14.0 Å². The molecule has 4 rings (SSSR count). The van der Waals surface area contributed by atoms with Gasteiger partial charge in [-0.2, -0.15) is 0 Å². The molecule has 0 spiro atoms. The van der Waals surface area contributed by atoms with Gasteiger partial charge < -0.3 is 19.2 Å². The topological polar surface area (TPSA) is 69.6 Å². The van der Waals surface area contributed by atoms with Crippen molar-refractivity contribution in [2.75, 3.05) is 26.2 Å². The minimum atomic E-state index is -0.119. The molecule has 0 radical (unpaired) electrons. The maximum absolute atomic E-state index is 12.9. The van der Waals surface area contributed by atoms with Gasteiger partial charge in [-0.1, -0.05) is 18.2 Å². The Kier molecular flexibility index (Phi) is 4.01. The monoisotopic (exact) mass is 337 g/mol. The summed E-state index contributed by atoms with van der Waals surface area (Å²) >= 11 is 0. The number of aromatic amines is 1. The molecule has 0 unspecified atom stereocenters. The quantitative estimate of drug-likeness (QED) is 0.782. The molecule has 6 nitrogen and oxygen atoms in total. The summed E-state index contributed by atoms with van der Waals surface area (Å²) in [5.74, 6) is 0.229. The highest BCUT2D eigenvalue weighted by Crippen LogP contribution is 2.20. The second-order valence-electron chi connectivity index (χ2n) is 6.16. The van der Waals surface area contributed by atoms with Crippen LogP contribution in [-0.4, -0.2) is 52.8 Å². The number of rotatable bonds is 2. The maximum Gasteiger partial charge on any atom is 0.289 e. The number of benzene rings is 1. The number of para-hydroxylation sites is 1. The van der Waals surface area contributed by atoms with E-state index in [2.05, 4.69) is 4.98 Å². The predicted octanol–water partition coefficient (Wildman–Crippen LogP) is 2.75. The van der Waals surface area contributed by atoms with Crippen LogP contribution in [0.2, 0.25) is 0 Å². The first-order valence-electron chi connectivity index (χ1n) is 8.42. The van der Waals surface area contributed by atoms with Crippen LogP contribution in [0.4, 0.5) is 0 Å². The number of nitrogens with one attached hydrogen (secondary N) is 1. The van der Waals surface area contributed by atoms with Gasteiger partial charge in [-0.15, -0.1) is 0 Å². The summed E-state index contributed by atoms with van der Waals surface area (Å²) in [5, 5.41) is 0.931. The largest absolute Gasteiger partial charge is 0.459 e. The summed E-state index contributed by atoms with van der Waals surface area (Å²) in [6.07, 6.45) is 4.02. The predicted molar refractivity (Wildman–Crippen MR) is 93.4 cm³/mol. The number of amides is 2. The van der Waals surface area contributed by atoms with Crippen molar-refractivity contribution in [1.29, 1.82) is 0 Å². The molecule has 1 N–H and O–H groups in total. The van der Waals surface area contributed by atoms with E-state index in [0.717, 1.165) is 17.3 Å². The van der Waals surface area contributed by atoms with E-state index in [-0.39, 0.29) is 11.8 Å². The Morgan fingerprint density at radius 1 is 0.920 bits per heavy atom. The standard InChI is InChI=1S/C19H19N3O3/c23-18(15-13-20-16-6-2-1-5-14(15)16)21-8-4-9-22(11-10-21)19(24)17-7-3-12-25-17/h1-3,5-7,12-13,20H,4,8-11H2. The molecule has 25 heavy (non-hydrogen) atoms. The fraction of sp³-hybridized carbons (Fsp3) is 0.263. The second kappa shape index (κ2) is 6.47. The maximum atomic E-state index is 12.9. The third kappa shape index (κ3) is 2.91. The lowest BCUT2D eigenvalue weighted by Crippen LogP contribution is -2.37. The van der Waals surface area contributed by atoms with Gasteiger partial charge in [0.05, 0.1) is 11.8 Å². The summed E-state index contributed by atoms with van der Waals surface area (Å²) in [4.78, 5) is 32.1. The number of carbonyl (C=O) groups is 2.